The molecule has 1 rings (SSSR count). The number of aliphatic hydroxyl groups is 1. The summed E-state index contributed by atoms with van der Waals surface area (Å²) >= 11 is 0. The van der Waals surface area contributed by atoms with Gasteiger partial charge in [0.1, 0.15) is 0 Å². The monoisotopic (exact) mass is 258 g/mol. The predicted molar refractivity (Wildman–Crippen MR) is 65.9 cm³/mol. The molecule has 1 aromatic carbocycles. The average Bonchev–Trinajstić information content (AvgIpc) is 2.25. The Balaban J connectivity index is 2.85. The van der Waals surface area contributed by atoms with Gasteiger partial charge in [-0.2, -0.15) is 0 Å². The van der Waals surface area contributed by atoms with Gasteiger partial charge >= 0.3 is 0 Å². The van der Waals surface area contributed by atoms with E-state index in [-0.39, 0.29) is 10.9 Å². The molecule has 0 aromatic heterocycles. The van der Waals surface area contributed by atoms with E-state index in [0.29, 0.717) is 6.54 Å². The van der Waals surface area contributed by atoms with Gasteiger partial charge in [0.2, 0.25) is 10.0 Å². The third-order valence-corrected chi connectivity index (χ3v) is 3.32. The SMILES string of the molecule is CC(O)CNC(C)c1cccc(S(N)(=O)=O)c1. The molecule has 0 aliphatic rings. The second kappa shape index (κ2) is 5.59. The second-order valence-electron chi connectivity index (χ2n) is 4.10. The van der Waals surface area contributed by atoms with E-state index in [9.17, 15) is 8.42 Å². The van der Waals surface area contributed by atoms with Crippen LogP contribution >= 0.6 is 0 Å². The van der Waals surface area contributed by atoms with Crippen molar-refractivity contribution in [2.75, 3.05) is 6.54 Å². The summed E-state index contributed by atoms with van der Waals surface area (Å²) in [5.74, 6) is 0. The lowest BCUT2D eigenvalue weighted by Crippen LogP contribution is -2.27. The van der Waals surface area contributed by atoms with E-state index in [1.807, 2.05) is 13.0 Å². The number of hydrogen-bond donors (Lipinski definition) is 3. The minimum Gasteiger partial charge on any atom is -0.392 e. The molecular weight excluding hydrogens is 240 g/mol. The number of aliphatic hydroxyl groups excluding tert-OH is 1. The molecule has 17 heavy (non-hydrogen) atoms. The Hall–Kier alpha value is -0.950. The van der Waals surface area contributed by atoms with Gasteiger partial charge in [0, 0.05) is 12.6 Å². The molecule has 0 amide bonds. The summed E-state index contributed by atoms with van der Waals surface area (Å²) in [4.78, 5) is 0.0979. The number of hydrogen-bond acceptors (Lipinski definition) is 4. The molecule has 2 unspecified atom stereocenters. The molecule has 0 aliphatic carbocycles. The molecule has 0 radical (unpaired) electrons. The Morgan fingerprint density at radius 2 is 2.06 bits per heavy atom. The highest BCUT2D eigenvalue weighted by atomic mass is 32.2. The van der Waals surface area contributed by atoms with Crippen LogP contribution in [0.5, 0.6) is 0 Å². The van der Waals surface area contributed by atoms with Gasteiger partial charge in [0.25, 0.3) is 0 Å². The zero-order valence-corrected chi connectivity index (χ0v) is 10.7. The molecular formula is C11H18N2O3S. The van der Waals surface area contributed by atoms with Gasteiger partial charge in [-0.15, -0.1) is 0 Å². The first kappa shape index (κ1) is 14.1. The van der Waals surface area contributed by atoms with Crippen LogP contribution in [0.4, 0.5) is 0 Å². The van der Waals surface area contributed by atoms with Gasteiger partial charge in [-0.05, 0) is 31.5 Å². The molecule has 0 bridgehead atoms. The summed E-state index contributed by atoms with van der Waals surface area (Å²) in [6.45, 7) is 4.02. The van der Waals surface area contributed by atoms with Crippen LogP contribution in [0.2, 0.25) is 0 Å². The number of rotatable bonds is 5. The first-order valence-electron chi connectivity index (χ1n) is 5.35. The van der Waals surface area contributed by atoms with E-state index in [0.717, 1.165) is 5.56 Å². The van der Waals surface area contributed by atoms with Crippen LogP contribution in [0.3, 0.4) is 0 Å². The molecule has 0 spiro atoms. The number of nitrogens with two attached hydrogens (primary N) is 1. The van der Waals surface area contributed by atoms with Crippen LogP contribution in [0.15, 0.2) is 29.2 Å². The Morgan fingerprint density at radius 1 is 1.41 bits per heavy atom. The number of nitrogens with one attached hydrogen (secondary N) is 1. The maximum atomic E-state index is 11.2. The lowest BCUT2D eigenvalue weighted by atomic mass is 10.1. The van der Waals surface area contributed by atoms with Crippen molar-refractivity contribution in [3.8, 4) is 0 Å². The molecule has 0 heterocycles. The van der Waals surface area contributed by atoms with Crippen molar-refractivity contribution >= 4 is 10.0 Å². The number of benzene rings is 1. The fraction of sp³-hybridized carbons (Fsp3) is 0.455. The van der Waals surface area contributed by atoms with E-state index >= 15 is 0 Å². The van der Waals surface area contributed by atoms with E-state index in [1.54, 1.807) is 13.0 Å². The molecule has 0 saturated heterocycles. The molecule has 4 N–H and O–H groups in total. The van der Waals surface area contributed by atoms with Crippen molar-refractivity contribution in [2.24, 2.45) is 5.14 Å². The first-order valence-corrected chi connectivity index (χ1v) is 6.89. The van der Waals surface area contributed by atoms with Gasteiger partial charge in [0.05, 0.1) is 11.0 Å². The summed E-state index contributed by atoms with van der Waals surface area (Å²) in [6.07, 6.45) is -0.445. The molecule has 0 fully saturated rings. The lowest BCUT2D eigenvalue weighted by molar-refractivity contribution is 0.187. The highest BCUT2D eigenvalue weighted by molar-refractivity contribution is 7.89. The minimum absolute atomic E-state index is 0.0497. The zero-order valence-electron chi connectivity index (χ0n) is 9.92. The number of primary sulfonamides is 1. The summed E-state index contributed by atoms with van der Waals surface area (Å²) in [5, 5.41) is 17.3. The highest BCUT2D eigenvalue weighted by Gasteiger charge is 2.11. The molecule has 1 aromatic rings. The smallest absolute Gasteiger partial charge is 0.238 e. The van der Waals surface area contributed by atoms with Crippen LogP contribution in [0.25, 0.3) is 0 Å². The quantitative estimate of drug-likeness (QED) is 0.711. The third-order valence-electron chi connectivity index (χ3n) is 2.41. The predicted octanol–water partition coefficient (Wildman–Crippen LogP) is 0.365. The molecule has 96 valence electrons. The van der Waals surface area contributed by atoms with Crippen molar-refractivity contribution < 1.29 is 13.5 Å². The van der Waals surface area contributed by atoms with Crippen molar-refractivity contribution in [3.05, 3.63) is 29.8 Å². The van der Waals surface area contributed by atoms with Crippen LogP contribution in [0, 0.1) is 0 Å². The van der Waals surface area contributed by atoms with E-state index in [4.69, 9.17) is 10.2 Å². The first-order chi connectivity index (χ1) is 7.80. The van der Waals surface area contributed by atoms with Gasteiger partial charge < -0.3 is 10.4 Å². The van der Waals surface area contributed by atoms with E-state index in [1.165, 1.54) is 12.1 Å². The third kappa shape index (κ3) is 4.43. The molecule has 5 nitrogen and oxygen atoms in total. The second-order valence-corrected chi connectivity index (χ2v) is 5.66. The normalized spacial score (nSPS) is 15.5. The van der Waals surface area contributed by atoms with Gasteiger partial charge in [0.15, 0.2) is 0 Å². The molecule has 0 saturated carbocycles. The standard InChI is InChI=1S/C11H18N2O3S/c1-8(14)7-13-9(2)10-4-3-5-11(6-10)17(12,15)16/h3-6,8-9,13-14H,7H2,1-2H3,(H2,12,15,16). The number of sulfonamides is 1. The van der Waals surface area contributed by atoms with Crippen LogP contribution in [0.1, 0.15) is 25.5 Å². The fourth-order valence-corrected chi connectivity index (χ4v) is 1.99. The summed E-state index contributed by atoms with van der Waals surface area (Å²) in [5.41, 5.74) is 0.817. The summed E-state index contributed by atoms with van der Waals surface area (Å²) in [6, 6.07) is 6.41. The largest absolute Gasteiger partial charge is 0.392 e. The van der Waals surface area contributed by atoms with Gasteiger partial charge in [-0.25, -0.2) is 13.6 Å². The van der Waals surface area contributed by atoms with Gasteiger partial charge in [-0.3, -0.25) is 0 Å². The highest BCUT2D eigenvalue weighted by Crippen LogP contribution is 2.16. The minimum atomic E-state index is -3.67. The maximum absolute atomic E-state index is 11.2. The van der Waals surface area contributed by atoms with Crippen molar-refractivity contribution in [1.29, 1.82) is 0 Å². The fourth-order valence-electron chi connectivity index (χ4n) is 1.43. The lowest BCUT2D eigenvalue weighted by Gasteiger charge is -2.16. The Kier molecular flexibility index (Phi) is 4.64. The van der Waals surface area contributed by atoms with Crippen LogP contribution < -0.4 is 10.5 Å². The Bertz CT molecular complexity index is 471. The molecule has 2 atom stereocenters. The maximum Gasteiger partial charge on any atom is 0.238 e. The molecule has 6 heteroatoms. The van der Waals surface area contributed by atoms with Crippen molar-refractivity contribution in [3.63, 3.8) is 0 Å². The molecule has 0 aliphatic heterocycles. The topological polar surface area (TPSA) is 92.4 Å². The van der Waals surface area contributed by atoms with E-state index < -0.39 is 16.1 Å². The van der Waals surface area contributed by atoms with Crippen LogP contribution in [-0.4, -0.2) is 26.2 Å². The Morgan fingerprint density at radius 3 is 2.59 bits per heavy atom. The summed E-state index contributed by atoms with van der Waals surface area (Å²) < 4.78 is 22.4. The van der Waals surface area contributed by atoms with Crippen molar-refractivity contribution in [1.82, 2.24) is 5.32 Å². The van der Waals surface area contributed by atoms with Gasteiger partial charge in [-0.1, -0.05) is 12.1 Å². The van der Waals surface area contributed by atoms with Crippen molar-refractivity contribution in [2.45, 2.75) is 30.9 Å². The Labute approximate surface area is 102 Å². The summed E-state index contributed by atoms with van der Waals surface area (Å²) in [7, 11) is -3.67. The zero-order chi connectivity index (χ0) is 13.1. The van der Waals surface area contributed by atoms with Crippen LogP contribution in [-0.2, 0) is 10.0 Å². The average molecular weight is 258 g/mol. The van der Waals surface area contributed by atoms with E-state index in [2.05, 4.69) is 5.32 Å².